The Labute approximate surface area is 173 Å². The highest BCUT2D eigenvalue weighted by molar-refractivity contribution is 6.34. The van der Waals surface area contributed by atoms with Gasteiger partial charge in [-0.3, -0.25) is 4.79 Å². The van der Waals surface area contributed by atoms with E-state index in [2.05, 4.69) is 10.3 Å². The average Bonchev–Trinajstić information content (AvgIpc) is 3.26. The quantitative estimate of drug-likeness (QED) is 0.582. The molecule has 0 bridgehead atoms. The largest absolute Gasteiger partial charge is 0.423 e. The number of hydrogen-bond donors (Lipinski definition) is 1. The van der Waals surface area contributed by atoms with Gasteiger partial charge in [0, 0.05) is 30.2 Å². The Balaban J connectivity index is 1.50. The minimum absolute atomic E-state index is 0.195. The Morgan fingerprint density at radius 1 is 1.24 bits per heavy atom. The highest BCUT2D eigenvalue weighted by atomic mass is 35.5. The molecular weight excluding hydrogens is 430 g/mol. The number of hydrogen-bond acceptors (Lipinski definition) is 4. The van der Waals surface area contributed by atoms with Crippen LogP contribution in [0.2, 0.25) is 10.0 Å². The fraction of sp³-hybridized carbons (Fsp3) is 0.263. The Morgan fingerprint density at radius 3 is 2.79 bits per heavy atom. The molecular formula is C19H14Cl2F3N3O2. The van der Waals surface area contributed by atoms with Gasteiger partial charge >= 0.3 is 6.18 Å². The molecule has 1 saturated heterocycles. The van der Waals surface area contributed by atoms with E-state index in [4.69, 9.17) is 27.6 Å². The van der Waals surface area contributed by atoms with Gasteiger partial charge in [-0.15, -0.1) is 0 Å². The molecule has 2 aromatic carbocycles. The number of carbonyl (C=O) groups is 1. The summed E-state index contributed by atoms with van der Waals surface area (Å²) < 4.78 is 45.5. The van der Waals surface area contributed by atoms with Gasteiger partial charge in [-0.05, 0) is 30.7 Å². The van der Waals surface area contributed by atoms with Crippen LogP contribution in [0.4, 0.5) is 19.2 Å². The van der Waals surface area contributed by atoms with E-state index < -0.39 is 23.2 Å². The number of alkyl halides is 3. The lowest BCUT2D eigenvalue weighted by Crippen LogP contribution is -2.33. The van der Waals surface area contributed by atoms with Crippen LogP contribution in [-0.2, 0) is 6.18 Å². The van der Waals surface area contributed by atoms with Gasteiger partial charge in [0.2, 0.25) is 0 Å². The van der Waals surface area contributed by atoms with Gasteiger partial charge < -0.3 is 14.6 Å². The maximum absolute atomic E-state index is 13.3. The fourth-order valence-electron chi connectivity index (χ4n) is 3.33. The molecule has 0 spiro atoms. The van der Waals surface area contributed by atoms with Gasteiger partial charge in [-0.1, -0.05) is 29.3 Å². The van der Waals surface area contributed by atoms with Crippen LogP contribution < -0.4 is 5.32 Å². The van der Waals surface area contributed by atoms with Crippen molar-refractivity contribution >= 4 is 46.2 Å². The lowest BCUT2D eigenvalue weighted by atomic mass is 10.1. The first kappa shape index (κ1) is 19.8. The molecule has 1 aromatic heterocycles. The minimum Gasteiger partial charge on any atom is -0.423 e. The Kier molecular flexibility index (Phi) is 5.08. The number of oxazole rings is 1. The summed E-state index contributed by atoms with van der Waals surface area (Å²) in [4.78, 5) is 18.4. The predicted molar refractivity (Wildman–Crippen MR) is 103 cm³/mol. The number of halogens is 5. The van der Waals surface area contributed by atoms with Gasteiger partial charge in [0.1, 0.15) is 5.52 Å². The summed E-state index contributed by atoms with van der Waals surface area (Å²) in [5.41, 5.74) is -0.438. The zero-order chi connectivity index (χ0) is 20.8. The monoisotopic (exact) mass is 443 g/mol. The van der Waals surface area contributed by atoms with Gasteiger partial charge in [0.15, 0.2) is 5.58 Å². The zero-order valence-electron chi connectivity index (χ0n) is 14.8. The molecule has 1 N–H and O–H groups in total. The van der Waals surface area contributed by atoms with Crippen molar-refractivity contribution in [2.24, 2.45) is 0 Å². The van der Waals surface area contributed by atoms with Crippen molar-refractivity contribution in [1.29, 1.82) is 0 Å². The van der Waals surface area contributed by atoms with Crippen LogP contribution in [-0.4, -0.2) is 34.9 Å². The van der Waals surface area contributed by atoms with Crippen molar-refractivity contribution in [3.8, 4) is 0 Å². The normalized spacial score (nSPS) is 17.1. The first-order chi connectivity index (χ1) is 13.7. The van der Waals surface area contributed by atoms with Gasteiger partial charge in [-0.2, -0.15) is 18.2 Å². The molecule has 3 aromatic rings. The average molecular weight is 444 g/mol. The van der Waals surface area contributed by atoms with E-state index in [1.54, 1.807) is 18.2 Å². The van der Waals surface area contributed by atoms with Crippen molar-refractivity contribution in [3.63, 3.8) is 0 Å². The lowest BCUT2D eigenvalue weighted by molar-refractivity contribution is -0.138. The zero-order valence-corrected chi connectivity index (χ0v) is 16.3. The molecule has 1 fully saturated rings. The first-order valence-electron chi connectivity index (χ1n) is 8.70. The van der Waals surface area contributed by atoms with Crippen LogP contribution in [0.3, 0.4) is 0 Å². The van der Waals surface area contributed by atoms with Crippen molar-refractivity contribution in [1.82, 2.24) is 9.88 Å². The summed E-state index contributed by atoms with van der Waals surface area (Å²) in [5.74, 6) is -0.753. The lowest BCUT2D eigenvalue weighted by Gasteiger charge is -2.20. The van der Waals surface area contributed by atoms with Crippen molar-refractivity contribution in [3.05, 3.63) is 57.6 Å². The third-order valence-corrected chi connectivity index (χ3v) is 5.24. The van der Waals surface area contributed by atoms with Gasteiger partial charge in [0.25, 0.3) is 11.9 Å². The second-order valence-electron chi connectivity index (χ2n) is 6.67. The summed E-state index contributed by atoms with van der Waals surface area (Å²) >= 11 is 11.9. The topological polar surface area (TPSA) is 58.4 Å². The highest BCUT2D eigenvalue weighted by Gasteiger charge is 2.38. The second kappa shape index (κ2) is 7.42. The van der Waals surface area contributed by atoms with Crippen LogP contribution in [0.15, 0.2) is 40.8 Å². The number of likely N-dealkylation sites (tertiary alicyclic amines) is 1. The molecule has 1 aliphatic heterocycles. The van der Waals surface area contributed by atoms with Crippen LogP contribution in [0.25, 0.3) is 11.1 Å². The maximum atomic E-state index is 13.3. The van der Waals surface area contributed by atoms with Gasteiger partial charge in [0.05, 0.1) is 16.1 Å². The number of benzene rings is 2. The molecule has 1 atom stereocenters. The molecule has 0 saturated carbocycles. The molecule has 0 aliphatic carbocycles. The summed E-state index contributed by atoms with van der Waals surface area (Å²) in [6, 6.07) is 8.38. The molecule has 0 radical (unpaired) electrons. The van der Waals surface area contributed by atoms with E-state index >= 15 is 0 Å². The number of nitrogens with zero attached hydrogens (tertiary/aromatic N) is 2. The molecule has 4 rings (SSSR count). The number of anilines is 1. The molecule has 5 nitrogen and oxygen atoms in total. The maximum Gasteiger partial charge on any atom is 0.417 e. The van der Waals surface area contributed by atoms with Crippen LogP contribution in [0.1, 0.15) is 22.3 Å². The third kappa shape index (κ3) is 4.00. The van der Waals surface area contributed by atoms with Crippen molar-refractivity contribution in [2.75, 3.05) is 18.4 Å². The SMILES string of the molecule is O=C(c1c(Cl)cccc1C(F)(F)F)N1CCC(Nc2nc3ccc(Cl)cc3o2)C1. The van der Waals surface area contributed by atoms with Crippen molar-refractivity contribution < 1.29 is 22.4 Å². The summed E-state index contributed by atoms with van der Waals surface area (Å²) in [7, 11) is 0. The summed E-state index contributed by atoms with van der Waals surface area (Å²) in [6.07, 6.45) is -4.15. The van der Waals surface area contributed by atoms with Crippen molar-refractivity contribution in [2.45, 2.75) is 18.6 Å². The standard InChI is InChI=1S/C19H14Cl2F3N3O2/c20-10-4-5-14-15(8-10)29-18(26-14)25-11-6-7-27(9-11)17(28)16-12(19(22,23)24)2-1-3-13(16)21/h1-5,8,11H,6-7,9H2,(H,25,26). The smallest absolute Gasteiger partial charge is 0.417 e. The van der Waals surface area contributed by atoms with Crippen LogP contribution in [0.5, 0.6) is 0 Å². The molecule has 1 unspecified atom stereocenters. The Bertz CT molecular complexity index is 1080. The molecule has 2 heterocycles. The van der Waals surface area contributed by atoms with E-state index in [0.717, 1.165) is 6.07 Å². The summed E-state index contributed by atoms with van der Waals surface area (Å²) in [6.45, 7) is 0.478. The number of nitrogens with one attached hydrogen (secondary N) is 1. The molecule has 10 heteroatoms. The van der Waals surface area contributed by atoms with E-state index in [0.29, 0.717) is 22.5 Å². The third-order valence-electron chi connectivity index (χ3n) is 4.69. The van der Waals surface area contributed by atoms with E-state index in [9.17, 15) is 18.0 Å². The van der Waals surface area contributed by atoms with Crippen LogP contribution in [0, 0.1) is 0 Å². The van der Waals surface area contributed by atoms with E-state index in [1.165, 1.54) is 17.0 Å². The Hall–Kier alpha value is -2.45. The highest BCUT2D eigenvalue weighted by Crippen LogP contribution is 2.36. The molecule has 29 heavy (non-hydrogen) atoms. The van der Waals surface area contributed by atoms with Gasteiger partial charge in [-0.25, -0.2) is 0 Å². The molecule has 1 aliphatic rings. The summed E-state index contributed by atoms with van der Waals surface area (Å²) in [5, 5.41) is 3.36. The predicted octanol–water partition coefficient (Wildman–Crippen LogP) is 5.48. The molecule has 152 valence electrons. The fourth-order valence-corrected chi connectivity index (χ4v) is 3.75. The Morgan fingerprint density at radius 2 is 2.03 bits per heavy atom. The van der Waals surface area contributed by atoms with E-state index in [-0.39, 0.29) is 30.2 Å². The van der Waals surface area contributed by atoms with Crippen LogP contribution >= 0.6 is 23.2 Å². The number of fused-ring (bicyclic) bond motifs is 1. The number of carbonyl (C=O) groups excluding carboxylic acids is 1. The first-order valence-corrected chi connectivity index (χ1v) is 9.45. The second-order valence-corrected chi connectivity index (χ2v) is 7.52. The minimum atomic E-state index is -4.67. The van der Waals surface area contributed by atoms with E-state index in [1.807, 2.05) is 0 Å². The number of aromatic nitrogens is 1. The number of amides is 1. The number of rotatable bonds is 3. The molecule has 1 amide bonds.